The molecule has 0 heterocycles. The fraction of sp³-hybridized carbons (Fsp3) is 0.188. The summed E-state index contributed by atoms with van der Waals surface area (Å²) in [6.45, 7) is 2.28. The van der Waals surface area contributed by atoms with Crippen molar-refractivity contribution < 1.29 is 27.8 Å². The second-order valence-electron chi connectivity index (χ2n) is 5.27. The van der Waals surface area contributed by atoms with Gasteiger partial charge in [0.25, 0.3) is 0 Å². The maximum absolute atomic E-state index is 12.9. The van der Waals surface area contributed by atoms with Gasteiger partial charge in [0, 0.05) is 12.1 Å². The normalized spacial score (nSPS) is 11.4. The van der Waals surface area contributed by atoms with Gasteiger partial charge in [-0.2, -0.15) is 18.3 Å². The first-order chi connectivity index (χ1) is 13.1. The molecule has 2 aromatic carbocycles. The van der Waals surface area contributed by atoms with Gasteiger partial charge in [0.1, 0.15) is 5.75 Å². The third kappa shape index (κ3) is 4.93. The molecule has 0 bridgehead atoms. The molecule has 0 amide bonds. The number of hydrazone groups is 1. The zero-order chi connectivity index (χ0) is 20.9. The van der Waals surface area contributed by atoms with E-state index in [1.165, 1.54) is 6.21 Å². The van der Waals surface area contributed by atoms with Crippen LogP contribution in [0.2, 0.25) is 0 Å². The topological polar surface area (TPSA) is 120 Å². The molecule has 2 aromatic rings. The quantitative estimate of drug-likeness (QED) is 0.420. The van der Waals surface area contributed by atoms with Crippen LogP contribution in [-0.2, 0) is 6.18 Å². The van der Waals surface area contributed by atoms with Gasteiger partial charge < -0.3 is 4.74 Å². The van der Waals surface area contributed by atoms with Gasteiger partial charge in [-0.05, 0) is 36.8 Å². The lowest BCUT2D eigenvalue weighted by molar-refractivity contribution is -0.392. The van der Waals surface area contributed by atoms with E-state index in [0.29, 0.717) is 17.9 Å². The Balaban J connectivity index is 2.38. The molecule has 9 nitrogen and oxygen atoms in total. The molecule has 1 N–H and O–H groups in total. The largest absolute Gasteiger partial charge is 0.494 e. The lowest BCUT2D eigenvalue weighted by atomic mass is 10.1. The maximum atomic E-state index is 12.9. The molecule has 0 saturated heterocycles. The Kier molecular flexibility index (Phi) is 6.13. The Bertz CT molecular complexity index is 878. The lowest BCUT2D eigenvalue weighted by Crippen LogP contribution is -2.09. The summed E-state index contributed by atoms with van der Waals surface area (Å²) < 4.78 is 43.8. The molecule has 28 heavy (non-hydrogen) atoms. The average Bonchev–Trinajstić information content (AvgIpc) is 2.62. The van der Waals surface area contributed by atoms with Gasteiger partial charge in [0.15, 0.2) is 0 Å². The molecule has 0 saturated carbocycles. The van der Waals surface area contributed by atoms with Gasteiger partial charge in [-0.3, -0.25) is 25.7 Å². The number of nitrogens with one attached hydrogen (secondary N) is 1. The Morgan fingerprint density at radius 1 is 1.11 bits per heavy atom. The minimum Gasteiger partial charge on any atom is -0.494 e. The molecule has 0 radical (unpaired) electrons. The van der Waals surface area contributed by atoms with Crippen molar-refractivity contribution in [2.24, 2.45) is 5.10 Å². The molecular formula is C16H13F3N4O5. The van der Waals surface area contributed by atoms with Crippen LogP contribution in [0.15, 0.2) is 41.5 Å². The third-order valence-corrected chi connectivity index (χ3v) is 3.40. The summed E-state index contributed by atoms with van der Waals surface area (Å²) in [4.78, 5) is 19.9. The maximum Gasteiger partial charge on any atom is 0.416 e. The number of hydrogen-bond acceptors (Lipinski definition) is 7. The summed E-state index contributed by atoms with van der Waals surface area (Å²) in [5.74, 6) is 0.599. The minimum atomic E-state index is -4.99. The van der Waals surface area contributed by atoms with Crippen LogP contribution < -0.4 is 10.2 Å². The first kappa shape index (κ1) is 20.6. The molecule has 0 aromatic heterocycles. The van der Waals surface area contributed by atoms with Gasteiger partial charge in [0.05, 0.1) is 28.2 Å². The molecule has 0 unspecified atom stereocenters. The van der Waals surface area contributed by atoms with E-state index in [2.05, 4.69) is 10.5 Å². The van der Waals surface area contributed by atoms with Crippen LogP contribution >= 0.6 is 0 Å². The third-order valence-electron chi connectivity index (χ3n) is 3.40. The fourth-order valence-corrected chi connectivity index (χ4v) is 2.17. The van der Waals surface area contributed by atoms with Crippen molar-refractivity contribution in [1.82, 2.24) is 0 Å². The first-order valence-corrected chi connectivity index (χ1v) is 7.69. The van der Waals surface area contributed by atoms with E-state index in [-0.39, 0.29) is 12.1 Å². The van der Waals surface area contributed by atoms with E-state index in [1.54, 1.807) is 24.3 Å². The highest BCUT2D eigenvalue weighted by Crippen LogP contribution is 2.41. The predicted molar refractivity (Wildman–Crippen MR) is 93.6 cm³/mol. The number of nitrogens with zero attached hydrogens (tertiary/aromatic N) is 3. The van der Waals surface area contributed by atoms with Crippen LogP contribution in [0.4, 0.5) is 30.2 Å². The molecule has 0 aliphatic heterocycles. The van der Waals surface area contributed by atoms with Crippen LogP contribution in [0.25, 0.3) is 0 Å². The van der Waals surface area contributed by atoms with Gasteiger partial charge >= 0.3 is 17.6 Å². The number of anilines is 1. The van der Waals surface area contributed by atoms with Crippen LogP contribution in [0.1, 0.15) is 18.1 Å². The number of halogens is 3. The molecule has 148 valence electrons. The Labute approximate surface area is 155 Å². The van der Waals surface area contributed by atoms with Gasteiger partial charge in [-0.1, -0.05) is 0 Å². The summed E-state index contributed by atoms with van der Waals surface area (Å²) in [6, 6.07) is 6.89. The molecule has 12 heteroatoms. The standard InChI is InChI=1S/C16H13F3N4O5/c1-2-28-12-5-3-10(4-6-12)9-20-21-15-13(22(24)25)7-11(16(17,18)19)8-14(15)23(26)27/h3-9,21H,2H2,1H3/b20-9-. The summed E-state index contributed by atoms with van der Waals surface area (Å²) in [5.41, 5.74) is -1.89. The number of hydrogen-bond donors (Lipinski definition) is 1. The summed E-state index contributed by atoms with van der Waals surface area (Å²) in [5, 5.41) is 25.9. The number of rotatable bonds is 7. The zero-order valence-corrected chi connectivity index (χ0v) is 14.3. The molecule has 0 spiro atoms. The van der Waals surface area contributed by atoms with Crippen molar-refractivity contribution in [3.63, 3.8) is 0 Å². The lowest BCUT2D eigenvalue weighted by Gasteiger charge is -2.09. The molecule has 0 aliphatic carbocycles. The summed E-state index contributed by atoms with van der Waals surface area (Å²) in [7, 11) is 0. The van der Waals surface area contributed by atoms with E-state index in [0.717, 1.165) is 0 Å². The number of alkyl halides is 3. The van der Waals surface area contributed by atoms with Gasteiger partial charge in [-0.25, -0.2) is 0 Å². The highest BCUT2D eigenvalue weighted by Gasteiger charge is 2.37. The van der Waals surface area contributed by atoms with Crippen LogP contribution in [0, 0.1) is 20.2 Å². The smallest absolute Gasteiger partial charge is 0.416 e. The number of ether oxygens (including phenoxy) is 1. The average molecular weight is 398 g/mol. The van der Waals surface area contributed by atoms with Crippen molar-refractivity contribution >= 4 is 23.3 Å². The van der Waals surface area contributed by atoms with Crippen LogP contribution in [0.5, 0.6) is 5.75 Å². The molecule has 0 aliphatic rings. The van der Waals surface area contributed by atoms with Crippen LogP contribution in [-0.4, -0.2) is 22.7 Å². The summed E-state index contributed by atoms with van der Waals surface area (Å²) >= 11 is 0. The van der Waals surface area contributed by atoms with E-state index in [1.807, 2.05) is 6.92 Å². The Morgan fingerprint density at radius 3 is 2.07 bits per heavy atom. The van der Waals surface area contributed by atoms with E-state index >= 15 is 0 Å². The van der Waals surface area contributed by atoms with E-state index < -0.39 is 38.6 Å². The monoisotopic (exact) mass is 398 g/mol. The fourth-order valence-electron chi connectivity index (χ4n) is 2.17. The Hall–Kier alpha value is -3.70. The van der Waals surface area contributed by atoms with Crippen LogP contribution in [0.3, 0.4) is 0 Å². The van der Waals surface area contributed by atoms with Crippen molar-refractivity contribution in [2.75, 3.05) is 12.0 Å². The van der Waals surface area contributed by atoms with Crippen molar-refractivity contribution in [3.05, 3.63) is 67.8 Å². The highest BCUT2D eigenvalue weighted by atomic mass is 19.4. The van der Waals surface area contributed by atoms with Gasteiger partial charge in [-0.15, -0.1) is 0 Å². The zero-order valence-electron chi connectivity index (χ0n) is 14.3. The molecule has 2 rings (SSSR count). The van der Waals surface area contributed by atoms with Crippen molar-refractivity contribution in [3.8, 4) is 5.75 Å². The highest BCUT2D eigenvalue weighted by molar-refractivity contribution is 5.82. The predicted octanol–water partition coefficient (Wildman–Crippen LogP) is 4.37. The number of nitro groups is 2. The second kappa shape index (κ2) is 8.33. The molecule has 0 fully saturated rings. The number of benzene rings is 2. The van der Waals surface area contributed by atoms with Gasteiger partial charge in [0.2, 0.25) is 5.69 Å². The minimum absolute atomic E-state index is 0.210. The summed E-state index contributed by atoms with van der Waals surface area (Å²) in [6.07, 6.45) is -3.79. The number of nitro benzene ring substituents is 2. The Morgan fingerprint density at radius 2 is 1.64 bits per heavy atom. The van der Waals surface area contributed by atoms with Crippen molar-refractivity contribution in [1.29, 1.82) is 0 Å². The first-order valence-electron chi connectivity index (χ1n) is 7.69. The molecule has 0 atom stereocenters. The SMILES string of the molecule is CCOc1ccc(/C=N\Nc2c([N+](=O)[O-])cc(C(F)(F)F)cc2[N+](=O)[O-])cc1. The van der Waals surface area contributed by atoms with E-state index in [4.69, 9.17) is 4.74 Å². The second-order valence-corrected chi connectivity index (χ2v) is 5.27. The van der Waals surface area contributed by atoms with Crippen molar-refractivity contribution in [2.45, 2.75) is 13.1 Å². The van der Waals surface area contributed by atoms with E-state index in [9.17, 15) is 33.4 Å². The molecular weight excluding hydrogens is 385 g/mol.